The Bertz CT molecular complexity index is 433. The summed E-state index contributed by atoms with van der Waals surface area (Å²) >= 11 is 0. The van der Waals surface area contributed by atoms with E-state index >= 15 is 0 Å². The van der Waals surface area contributed by atoms with Crippen molar-refractivity contribution >= 4 is 0 Å². The number of hydrogen-bond acceptors (Lipinski definition) is 4. The fraction of sp³-hybridized carbons (Fsp3) is 0.867. The summed E-state index contributed by atoms with van der Waals surface area (Å²) in [5.74, 6) is 1.57. The number of ether oxygens (including phenoxy) is 1. The molecule has 1 aliphatic heterocycles. The third-order valence-corrected chi connectivity index (χ3v) is 4.71. The molecular formula is C15H25FN4O. The number of aromatic nitrogens is 3. The van der Waals surface area contributed by atoms with Gasteiger partial charge in [0, 0.05) is 13.1 Å². The smallest absolute Gasteiger partial charge is 0.141 e. The van der Waals surface area contributed by atoms with Gasteiger partial charge in [-0.2, -0.15) is 5.10 Å². The van der Waals surface area contributed by atoms with Crippen LogP contribution in [0, 0.1) is 5.92 Å². The first-order chi connectivity index (χ1) is 10.4. The van der Waals surface area contributed by atoms with Gasteiger partial charge in [-0.3, -0.25) is 4.90 Å². The van der Waals surface area contributed by atoms with Crippen LogP contribution in [0.5, 0.6) is 0 Å². The number of rotatable bonds is 5. The summed E-state index contributed by atoms with van der Waals surface area (Å²) in [6.45, 7) is 3.32. The summed E-state index contributed by atoms with van der Waals surface area (Å²) in [5, 5.41) is 4.09. The van der Waals surface area contributed by atoms with E-state index in [0.717, 1.165) is 32.1 Å². The molecule has 0 aromatic carbocycles. The second-order valence-electron chi connectivity index (χ2n) is 6.13. The Hall–Kier alpha value is -1.01. The van der Waals surface area contributed by atoms with E-state index in [1.807, 2.05) is 0 Å². The van der Waals surface area contributed by atoms with Gasteiger partial charge in [-0.15, -0.1) is 0 Å². The lowest BCUT2D eigenvalue weighted by atomic mass is 9.84. The first-order valence-corrected chi connectivity index (χ1v) is 8.13. The predicted octanol–water partition coefficient (Wildman–Crippen LogP) is 2.03. The molecule has 0 N–H and O–H groups in total. The number of alkyl halides is 1. The molecule has 2 aliphatic rings. The first kappa shape index (κ1) is 14.9. The highest BCUT2D eigenvalue weighted by atomic mass is 19.1. The summed E-state index contributed by atoms with van der Waals surface area (Å²) in [6.07, 6.45) is 8.54. The first-order valence-electron chi connectivity index (χ1n) is 8.13. The maximum absolute atomic E-state index is 12.5. The Morgan fingerprint density at radius 3 is 2.95 bits per heavy atom. The van der Waals surface area contributed by atoms with Gasteiger partial charge >= 0.3 is 0 Å². The standard InChI is InChI=1S/C15H25FN4O/c16-6-7-20-15(17-12-18-20)11-19-8-9-21-14(10-19)13-4-2-1-3-5-13/h12-14H,1-11H2/t14-/m0/s1. The van der Waals surface area contributed by atoms with Crippen molar-refractivity contribution in [2.75, 3.05) is 26.4 Å². The molecule has 1 saturated heterocycles. The number of halogens is 1. The maximum atomic E-state index is 12.5. The molecule has 6 heteroatoms. The molecule has 2 fully saturated rings. The van der Waals surface area contributed by atoms with Crippen LogP contribution in [0.25, 0.3) is 0 Å². The van der Waals surface area contributed by atoms with Gasteiger partial charge < -0.3 is 4.74 Å². The van der Waals surface area contributed by atoms with Gasteiger partial charge in [0.05, 0.1) is 25.8 Å². The van der Waals surface area contributed by atoms with Crippen LogP contribution in [-0.2, 0) is 17.8 Å². The zero-order valence-electron chi connectivity index (χ0n) is 12.6. The van der Waals surface area contributed by atoms with Crippen molar-refractivity contribution in [3.63, 3.8) is 0 Å². The summed E-state index contributed by atoms with van der Waals surface area (Å²) < 4.78 is 20.2. The summed E-state index contributed by atoms with van der Waals surface area (Å²) in [4.78, 5) is 6.65. The molecule has 0 amide bonds. The van der Waals surface area contributed by atoms with Gasteiger partial charge in [0.25, 0.3) is 0 Å². The number of morpholine rings is 1. The van der Waals surface area contributed by atoms with E-state index < -0.39 is 6.67 Å². The molecule has 21 heavy (non-hydrogen) atoms. The summed E-state index contributed by atoms with van der Waals surface area (Å²) in [7, 11) is 0. The third-order valence-electron chi connectivity index (χ3n) is 4.71. The van der Waals surface area contributed by atoms with E-state index in [4.69, 9.17) is 4.74 Å². The second-order valence-corrected chi connectivity index (χ2v) is 6.13. The van der Waals surface area contributed by atoms with E-state index in [9.17, 15) is 4.39 Å². The monoisotopic (exact) mass is 296 g/mol. The number of nitrogens with zero attached hydrogens (tertiary/aromatic N) is 4. The lowest BCUT2D eigenvalue weighted by molar-refractivity contribution is -0.0678. The van der Waals surface area contributed by atoms with Crippen molar-refractivity contribution in [1.82, 2.24) is 19.7 Å². The molecular weight excluding hydrogens is 271 g/mol. The van der Waals surface area contributed by atoms with Gasteiger partial charge in [-0.25, -0.2) is 14.1 Å². The molecule has 1 saturated carbocycles. The molecule has 0 radical (unpaired) electrons. The topological polar surface area (TPSA) is 43.2 Å². The zero-order chi connectivity index (χ0) is 14.5. The third kappa shape index (κ3) is 3.80. The van der Waals surface area contributed by atoms with Crippen LogP contribution in [0.2, 0.25) is 0 Å². The predicted molar refractivity (Wildman–Crippen MR) is 77.6 cm³/mol. The molecule has 0 spiro atoms. The highest BCUT2D eigenvalue weighted by Gasteiger charge is 2.29. The molecule has 1 aromatic heterocycles. The Morgan fingerprint density at radius 2 is 2.14 bits per heavy atom. The van der Waals surface area contributed by atoms with Crippen LogP contribution in [0.15, 0.2) is 6.33 Å². The molecule has 118 valence electrons. The molecule has 0 unspecified atom stereocenters. The molecule has 1 atom stereocenters. The lowest BCUT2D eigenvalue weighted by Crippen LogP contribution is -2.46. The Kier molecular flexibility index (Phi) is 5.19. The fourth-order valence-corrected chi connectivity index (χ4v) is 3.54. The maximum Gasteiger partial charge on any atom is 0.141 e. The highest BCUT2D eigenvalue weighted by Crippen LogP contribution is 2.29. The normalized spacial score (nSPS) is 25.3. The van der Waals surface area contributed by atoms with Crippen LogP contribution in [0.1, 0.15) is 37.9 Å². The van der Waals surface area contributed by atoms with Crippen LogP contribution < -0.4 is 0 Å². The van der Waals surface area contributed by atoms with E-state index in [0.29, 0.717) is 18.6 Å². The largest absolute Gasteiger partial charge is 0.375 e. The highest BCUT2D eigenvalue weighted by molar-refractivity contribution is 4.88. The van der Waals surface area contributed by atoms with E-state index in [-0.39, 0.29) is 0 Å². The molecule has 0 bridgehead atoms. The van der Waals surface area contributed by atoms with Crippen molar-refractivity contribution in [3.8, 4) is 0 Å². The van der Waals surface area contributed by atoms with E-state index in [1.165, 1.54) is 38.4 Å². The minimum absolute atomic E-state index is 0.297. The fourth-order valence-electron chi connectivity index (χ4n) is 3.54. The van der Waals surface area contributed by atoms with Gasteiger partial charge in [0.2, 0.25) is 0 Å². The van der Waals surface area contributed by atoms with Gasteiger partial charge in [-0.05, 0) is 18.8 Å². The van der Waals surface area contributed by atoms with Crippen molar-refractivity contribution in [2.45, 2.75) is 51.3 Å². The zero-order valence-corrected chi connectivity index (χ0v) is 12.6. The van der Waals surface area contributed by atoms with Crippen molar-refractivity contribution in [3.05, 3.63) is 12.2 Å². The van der Waals surface area contributed by atoms with E-state index in [1.54, 1.807) is 4.68 Å². The molecule has 2 heterocycles. The van der Waals surface area contributed by atoms with Crippen molar-refractivity contribution in [1.29, 1.82) is 0 Å². The Balaban J connectivity index is 1.56. The Labute approximate surface area is 125 Å². The second kappa shape index (κ2) is 7.31. The Morgan fingerprint density at radius 1 is 1.29 bits per heavy atom. The van der Waals surface area contributed by atoms with Crippen molar-refractivity contribution in [2.24, 2.45) is 5.92 Å². The SMILES string of the molecule is FCCn1ncnc1CN1CCO[C@H](C2CCCCC2)C1. The quantitative estimate of drug-likeness (QED) is 0.834. The molecule has 1 aromatic rings. The van der Waals surface area contributed by atoms with Gasteiger partial charge in [0.1, 0.15) is 18.8 Å². The molecule has 5 nitrogen and oxygen atoms in total. The lowest BCUT2D eigenvalue weighted by Gasteiger charge is -2.38. The molecule has 1 aliphatic carbocycles. The number of hydrogen-bond donors (Lipinski definition) is 0. The van der Waals surface area contributed by atoms with Crippen molar-refractivity contribution < 1.29 is 9.13 Å². The average Bonchev–Trinajstić information content (AvgIpc) is 2.96. The molecule has 3 rings (SSSR count). The minimum Gasteiger partial charge on any atom is -0.375 e. The van der Waals surface area contributed by atoms with Crippen LogP contribution in [-0.4, -0.2) is 52.1 Å². The number of aryl methyl sites for hydroxylation is 1. The van der Waals surface area contributed by atoms with Crippen LogP contribution in [0.3, 0.4) is 0 Å². The van der Waals surface area contributed by atoms with Gasteiger partial charge in [-0.1, -0.05) is 19.3 Å². The minimum atomic E-state index is -0.399. The summed E-state index contributed by atoms with van der Waals surface area (Å²) in [6, 6.07) is 0. The average molecular weight is 296 g/mol. The summed E-state index contributed by atoms with van der Waals surface area (Å²) in [5.41, 5.74) is 0. The van der Waals surface area contributed by atoms with Crippen LogP contribution in [0.4, 0.5) is 4.39 Å². The van der Waals surface area contributed by atoms with Crippen LogP contribution >= 0.6 is 0 Å². The van der Waals surface area contributed by atoms with E-state index in [2.05, 4.69) is 15.0 Å². The van der Waals surface area contributed by atoms with Gasteiger partial charge in [0.15, 0.2) is 0 Å².